The Morgan fingerprint density at radius 2 is 2.06 bits per heavy atom. The van der Waals surface area contributed by atoms with Crippen LogP contribution in [0.25, 0.3) is 0 Å². The van der Waals surface area contributed by atoms with E-state index in [0.717, 1.165) is 13.0 Å². The van der Waals surface area contributed by atoms with Crippen LogP contribution in [0.5, 0.6) is 0 Å². The normalized spacial score (nSPS) is 10.4. The monoisotopic (exact) mass is 247 g/mol. The lowest BCUT2D eigenvalue weighted by atomic mass is 10.2. The Labute approximate surface area is 104 Å². The molecule has 0 saturated heterocycles. The molecule has 2 aromatic rings. The molecule has 0 aliphatic heterocycles. The molecule has 0 amide bonds. The minimum atomic E-state index is -0.541. The van der Waals surface area contributed by atoms with Gasteiger partial charge in [-0.1, -0.05) is 0 Å². The molecule has 6 heteroatoms. The van der Waals surface area contributed by atoms with E-state index < -0.39 is 4.92 Å². The molecule has 0 aliphatic carbocycles. The number of nitro groups is 1. The zero-order valence-corrected chi connectivity index (χ0v) is 9.70. The van der Waals surface area contributed by atoms with Gasteiger partial charge in [0, 0.05) is 12.4 Å². The summed E-state index contributed by atoms with van der Waals surface area (Å²) < 4.78 is 5.03. The third-order valence-corrected chi connectivity index (χ3v) is 2.47. The maximum atomic E-state index is 10.4. The molecule has 0 aromatic carbocycles. The van der Waals surface area contributed by atoms with Gasteiger partial charge in [0.2, 0.25) is 0 Å². The summed E-state index contributed by atoms with van der Waals surface area (Å²) in [7, 11) is 0. The number of aromatic nitrogens is 1. The van der Waals surface area contributed by atoms with Gasteiger partial charge in [0.25, 0.3) is 0 Å². The van der Waals surface area contributed by atoms with Crippen LogP contribution in [0.2, 0.25) is 0 Å². The zero-order valence-electron chi connectivity index (χ0n) is 9.70. The number of furan rings is 1. The van der Waals surface area contributed by atoms with E-state index in [2.05, 4.69) is 10.3 Å². The van der Waals surface area contributed by atoms with E-state index in [1.54, 1.807) is 18.5 Å². The molecule has 6 nitrogen and oxygen atoms in total. The van der Waals surface area contributed by atoms with Gasteiger partial charge in [0.15, 0.2) is 0 Å². The summed E-state index contributed by atoms with van der Waals surface area (Å²) in [6.07, 6.45) is 4.39. The molecule has 0 radical (unpaired) electrons. The number of nitrogens with one attached hydrogen (secondary N) is 1. The number of nitrogens with zero attached hydrogens (tertiary/aromatic N) is 2. The molecule has 0 atom stereocenters. The Hall–Kier alpha value is -2.21. The largest absolute Gasteiger partial charge is 0.433 e. The maximum Gasteiger partial charge on any atom is 0.433 e. The molecule has 18 heavy (non-hydrogen) atoms. The number of rotatable bonds is 6. The van der Waals surface area contributed by atoms with E-state index in [1.165, 1.54) is 11.6 Å². The van der Waals surface area contributed by atoms with Gasteiger partial charge >= 0.3 is 5.88 Å². The van der Waals surface area contributed by atoms with E-state index in [9.17, 15) is 10.1 Å². The van der Waals surface area contributed by atoms with Gasteiger partial charge in [-0.2, -0.15) is 0 Å². The van der Waals surface area contributed by atoms with Gasteiger partial charge in [-0.3, -0.25) is 15.1 Å². The molecule has 94 valence electrons. The van der Waals surface area contributed by atoms with E-state index in [-0.39, 0.29) is 5.88 Å². The SMILES string of the molecule is O=[N+]([O-])c1ccc(CNCCc2ccncc2)o1. The van der Waals surface area contributed by atoms with Gasteiger partial charge in [-0.15, -0.1) is 0 Å². The van der Waals surface area contributed by atoms with Crippen LogP contribution in [0.3, 0.4) is 0 Å². The predicted molar refractivity (Wildman–Crippen MR) is 65.0 cm³/mol. The molecule has 0 spiro atoms. The summed E-state index contributed by atoms with van der Waals surface area (Å²) in [5.74, 6) is 0.345. The highest BCUT2D eigenvalue weighted by Gasteiger charge is 2.10. The Bertz CT molecular complexity index is 510. The third-order valence-electron chi connectivity index (χ3n) is 2.47. The van der Waals surface area contributed by atoms with Crippen molar-refractivity contribution >= 4 is 5.88 Å². The van der Waals surface area contributed by atoms with Crippen LogP contribution in [0.4, 0.5) is 5.88 Å². The second-order valence-electron chi connectivity index (χ2n) is 3.78. The fourth-order valence-corrected chi connectivity index (χ4v) is 1.55. The topological polar surface area (TPSA) is 81.2 Å². The second kappa shape index (κ2) is 5.92. The smallest absolute Gasteiger partial charge is 0.404 e. The van der Waals surface area contributed by atoms with Crippen LogP contribution in [0.15, 0.2) is 41.1 Å². The zero-order chi connectivity index (χ0) is 12.8. The van der Waals surface area contributed by atoms with Gasteiger partial charge in [-0.25, -0.2) is 0 Å². The van der Waals surface area contributed by atoms with Crippen molar-refractivity contribution in [1.29, 1.82) is 0 Å². The number of pyridine rings is 1. The molecule has 0 unspecified atom stereocenters. The molecule has 2 rings (SSSR count). The summed E-state index contributed by atoms with van der Waals surface area (Å²) in [4.78, 5) is 13.8. The average molecular weight is 247 g/mol. The van der Waals surface area contributed by atoms with Gasteiger partial charge < -0.3 is 9.73 Å². The van der Waals surface area contributed by atoms with Crippen molar-refractivity contribution in [3.8, 4) is 0 Å². The highest BCUT2D eigenvalue weighted by atomic mass is 16.6. The van der Waals surface area contributed by atoms with Crippen molar-refractivity contribution < 1.29 is 9.34 Å². The summed E-state index contributed by atoms with van der Waals surface area (Å²) in [6, 6.07) is 6.89. The van der Waals surface area contributed by atoms with E-state index >= 15 is 0 Å². The van der Waals surface area contributed by atoms with E-state index in [0.29, 0.717) is 12.3 Å². The molecule has 0 saturated carbocycles. The standard InChI is InChI=1S/C12H13N3O3/c16-15(17)12-2-1-11(18-12)9-14-8-5-10-3-6-13-7-4-10/h1-4,6-7,14H,5,8-9H2. The molecule has 0 bridgehead atoms. The number of hydrogen-bond donors (Lipinski definition) is 1. The van der Waals surface area contributed by atoms with Crippen molar-refractivity contribution in [2.45, 2.75) is 13.0 Å². The molecule has 0 fully saturated rings. The molecule has 2 aromatic heterocycles. The first-order chi connectivity index (χ1) is 8.75. The van der Waals surface area contributed by atoms with Crippen molar-refractivity contribution in [1.82, 2.24) is 10.3 Å². The van der Waals surface area contributed by atoms with Gasteiger partial charge in [-0.05, 0) is 36.7 Å². The van der Waals surface area contributed by atoms with E-state index in [4.69, 9.17) is 4.42 Å². The third kappa shape index (κ3) is 3.39. The first kappa shape index (κ1) is 12.3. The predicted octanol–water partition coefficient (Wildman–Crippen LogP) is 1.92. The molecule has 0 aliphatic rings. The van der Waals surface area contributed by atoms with Crippen molar-refractivity contribution in [2.24, 2.45) is 0 Å². The van der Waals surface area contributed by atoms with E-state index in [1.807, 2.05) is 12.1 Å². The Morgan fingerprint density at radius 3 is 2.72 bits per heavy atom. The molecular weight excluding hydrogens is 234 g/mol. The van der Waals surface area contributed by atoms with Crippen molar-refractivity contribution in [2.75, 3.05) is 6.54 Å². The molecule has 2 heterocycles. The Kier molecular flexibility index (Phi) is 4.03. The lowest BCUT2D eigenvalue weighted by molar-refractivity contribution is -0.402. The number of hydrogen-bond acceptors (Lipinski definition) is 5. The lowest BCUT2D eigenvalue weighted by Crippen LogP contribution is -2.16. The van der Waals surface area contributed by atoms with Crippen LogP contribution in [0.1, 0.15) is 11.3 Å². The molecule has 1 N–H and O–H groups in total. The van der Waals surface area contributed by atoms with Gasteiger partial charge in [0.1, 0.15) is 10.7 Å². The fraction of sp³-hybridized carbons (Fsp3) is 0.250. The first-order valence-electron chi connectivity index (χ1n) is 5.58. The lowest BCUT2D eigenvalue weighted by Gasteiger charge is -2.02. The van der Waals surface area contributed by atoms with Crippen LogP contribution < -0.4 is 5.32 Å². The summed E-state index contributed by atoms with van der Waals surface area (Å²) in [5.41, 5.74) is 1.20. The summed E-state index contributed by atoms with van der Waals surface area (Å²) in [6.45, 7) is 1.26. The quantitative estimate of drug-likeness (QED) is 0.479. The maximum absolute atomic E-state index is 10.4. The minimum Gasteiger partial charge on any atom is -0.404 e. The van der Waals surface area contributed by atoms with Crippen molar-refractivity contribution in [3.05, 3.63) is 58.1 Å². The highest BCUT2D eigenvalue weighted by Crippen LogP contribution is 2.15. The Morgan fingerprint density at radius 1 is 1.28 bits per heavy atom. The van der Waals surface area contributed by atoms with Crippen LogP contribution in [-0.4, -0.2) is 16.5 Å². The van der Waals surface area contributed by atoms with Crippen LogP contribution in [-0.2, 0) is 13.0 Å². The van der Waals surface area contributed by atoms with Crippen LogP contribution in [0, 0.1) is 10.1 Å². The van der Waals surface area contributed by atoms with Crippen molar-refractivity contribution in [3.63, 3.8) is 0 Å². The average Bonchev–Trinajstić information content (AvgIpc) is 2.85. The minimum absolute atomic E-state index is 0.221. The van der Waals surface area contributed by atoms with Crippen LogP contribution >= 0.6 is 0 Å². The fourth-order valence-electron chi connectivity index (χ4n) is 1.55. The summed E-state index contributed by atoms with van der Waals surface area (Å²) in [5, 5.41) is 13.6. The Balaban J connectivity index is 1.73. The summed E-state index contributed by atoms with van der Waals surface area (Å²) >= 11 is 0. The highest BCUT2D eigenvalue weighted by molar-refractivity contribution is 5.17. The van der Waals surface area contributed by atoms with Gasteiger partial charge in [0.05, 0.1) is 12.6 Å². The second-order valence-corrected chi connectivity index (χ2v) is 3.78. The first-order valence-corrected chi connectivity index (χ1v) is 5.58. The molecular formula is C12H13N3O3.